The lowest BCUT2D eigenvalue weighted by Gasteiger charge is -2.11. The van der Waals surface area contributed by atoms with Crippen LogP contribution in [0, 0.1) is 0 Å². The van der Waals surface area contributed by atoms with E-state index in [-0.39, 0.29) is 11.6 Å². The standard InChI is InChI=1S/C17H15N5O3/c1-24-17(23)11-2-4-13(5-3-11)25-16-14(18)15(20-10-21-16)22-12-6-8-19-9-7-12/h2-10H,18H2,1H3,(H,19,20,21,22). The van der Waals surface area contributed by atoms with E-state index in [1.807, 2.05) is 0 Å². The molecule has 2 heterocycles. The monoisotopic (exact) mass is 337 g/mol. The van der Waals surface area contributed by atoms with Crippen molar-refractivity contribution in [2.75, 3.05) is 18.2 Å². The van der Waals surface area contributed by atoms with Crippen molar-refractivity contribution < 1.29 is 14.3 Å². The molecule has 0 aliphatic heterocycles. The average Bonchev–Trinajstić information content (AvgIpc) is 2.66. The van der Waals surface area contributed by atoms with E-state index in [1.165, 1.54) is 13.4 Å². The molecule has 2 aromatic heterocycles. The Morgan fingerprint density at radius 1 is 1.08 bits per heavy atom. The second-order valence-corrected chi connectivity index (χ2v) is 4.92. The molecule has 3 aromatic rings. The number of nitrogens with zero attached hydrogens (tertiary/aromatic N) is 3. The van der Waals surface area contributed by atoms with Gasteiger partial charge in [-0.05, 0) is 36.4 Å². The molecule has 126 valence electrons. The van der Waals surface area contributed by atoms with Crippen molar-refractivity contribution in [3.8, 4) is 11.6 Å². The molecule has 0 spiro atoms. The molecular weight excluding hydrogens is 322 g/mol. The molecule has 0 aliphatic carbocycles. The molecule has 8 heteroatoms. The number of hydrogen-bond donors (Lipinski definition) is 2. The number of hydrogen-bond acceptors (Lipinski definition) is 8. The second-order valence-electron chi connectivity index (χ2n) is 4.92. The number of anilines is 3. The zero-order valence-corrected chi connectivity index (χ0v) is 13.3. The number of nitrogen functional groups attached to an aromatic ring is 1. The number of nitrogens with one attached hydrogen (secondary N) is 1. The van der Waals surface area contributed by atoms with E-state index < -0.39 is 5.97 Å². The molecule has 0 unspecified atom stereocenters. The van der Waals surface area contributed by atoms with Crippen LogP contribution in [-0.4, -0.2) is 28.0 Å². The Morgan fingerprint density at radius 2 is 1.80 bits per heavy atom. The summed E-state index contributed by atoms with van der Waals surface area (Å²) >= 11 is 0. The van der Waals surface area contributed by atoms with Crippen LogP contribution in [0.15, 0.2) is 55.1 Å². The average molecular weight is 337 g/mol. The molecule has 0 fully saturated rings. The van der Waals surface area contributed by atoms with Crippen molar-refractivity contribution in [1.29, 1.82) is 0 Å². The van der Waals surface area contributed by atoms with Crippen LogP contribution in [0.1, 0.15) is 10.4 Å². The molecule has 25 heavy (non-hydrogen) atoms. The maximum atomic E-state index is 11.4. The van der Waals surface area contributed by atoms with Crippen LogP contribution in [0.2, 0.25) is 0 Å². The summed E-state index contributed by atoms with van der Waals surface area (Å²) in [5, 5.41) is 3.07. The van der Waals surface area contributed by atoms with E-state index in [2.05, 4.69) is 25.0 Å². The van der Waals surface area contributed by atoms with Gasteiger partial charge in [-0.1, -0.05) is 0 Å². The van der Waals surface area contributed by atoms with Gasteiger partial charge < -0.3 is 20.5 Å². The van der Waals surface area contributed by atoms with Gasteiger partial charge in [0.2, 0.25) is 5.88 Å². The van der Waals surface area contributed by atoms with Crippen LogP contribution < -0.4 is 15.8 Å². The van der Waals surface area contributed by atoms with Crippen molar-refractivity contribution >= 4 is 23.2 Å². The van der Waals surface area contributed by atoms with E-state index in [9.17, 15) is 4.79 Å². The Kier molecular flexibility index (Phi) is 4.70. The first-order valence-electron chi connectivity index (χ1n) is 7.31. The van der Waals surface area contributed by atoms with Gasteiger partial charge in [-0.25, -0.2) is 9.78 Å². The molecule has 3 N–H and O–H groups in total. The number of carbonyl (C=O) groups excluding carboxylic acids is 1. The fourth-order valence-corrected chi connectivity index (χ4v) is 2.02. The van der Waals surface area contributed by atoms with Gasteiger partial charge in [0.15, 0.2) is 5.82 Å². The number of carbonyl (C=O) groups is 1. The number of aromatic nitrogens is 3. The summed E-state index contributed by atoms with van der Waals surface area (Å²) < 4.78 is 10.3. The molecule has 0 saturated carbocycles. The first-order valence-corrected chi connectivity index (χ1v) is 7.31. The lowest BCUT2D eigenvalue weighted by molar-refractivity contribution is 0.0600. The molecule has 0 saturated heterocycles. The van der Waals surface area contributed by atoms with Gasteiger partial charge in [0.1, 0.15) is 17.8 Å². The second kappa shape index (κ2) is 7.26. The van der Waals surface area contributed by atoms with Gasteiger partial charge >= 0.3 is 5.97 Å². The highest BCUT2D eigenvalue weighted by Gasteiger charge is 2.11. The van der Waals surface area contributed by atoms with E-state index in [1.54, 1.807) is 48.8 Å². The van der Waals surface area contributed by atoms with E-state index in [0.717, 1.165) is 5.69 Å². The summed E-state index contributed by atoms with van der Waals surface area (Å²) in [6.07, 6.45) is 4.65. The van der Waals surface area contributed by atoms with E-state index in [0.29, 0.717) is 17.1 Å². The third-order valence-electron chi connectivity index (χ3n) is 3.28. The van der Waals surface area contributed by atoms with Gasteiger partial charge in [0.25, 0.3) is 0 Å². The smallest absolute Gasteiger partial charge is 0.337 e. The number of rotatable bonds is 5. The summed E-state index contributed by atoms with van der Waals surface area (Å²) in [5.74, 6) is 0.685. The summed E-state index contributed by atoms with van der Waals surface area (Å²) in [6, 6.07) is 10.0. The first kappa shape index (κ1) is 16.2. The van der Waals surface area contributed by atoms with E-state index >= 15 is 0 Å². The number of ether oxygens (including phenoxy) is 2. The van der Waals surface area contributed by atoms with Crippen LogP contribution in [0.25, 0.3) is 0 Å². The number of pyridine rings is 1. The fourth-order valence-electron chi connectivity index (χ4n) is 2.02. The van der Waals surface area contributed by atoms with Gasteiger partial charge in [0.05, 0.1) is 12.7 Å². The SMILES string of the molecule is COC(=O)c1ccc(Oc2ncnc(Nc3ccncc3)c2N)cc1. The number of nitrogens with two attached hydrogens (primary N) is 1. The lowest BCUT2D eigenvalue weighted by atomic mass is 10.2. The normalized spacial score (nSPS) is 10.1. The quantitative estimate of drug-likeness (QED) is 0.683. The minimum atomic E-state index is -0.420. The molecule has 1 aromatic carbocycles. The number of methoxy groups -OCH3 is 1. The molecular formula is C17H15N5O3. The van der Waals surface area contributed by atoms with Gasteiger partial charge in [-0.2, -0.15) is 4.98 Å². The Morgan fingerprint density at radius 3 is 2.48 bits per heavy atom. The van der Waals surface area contributed by atoms with Crippen molar-refractivity contribution in [2.45, 2.75) is 0 Å². The molecule has 3 rings (SSSR count). The predicted molar refractivity (Wildman–Crippen MR) is 91.8 cm³/mol. The molecule has 8 nitrogen and oxygen atoms in total. The first-order chi connectivity index (χ1) is 12.2. The highest BCUT2D eigenvalue weighted by Crippen LogP contribution is 2.30. The van der Waals surface area contributed by atoms with Crippen molar-refractivity contribution in [3.05, 3.63) is 60.7 Å². The minimum Gasteiger partial charge on any atom is -0.465 e. The van der Waals surface area contributed by atoms with Gasteiger partial charge in [-0.15, -0.1) is 0 Å². The molecule has 0 bridgehead atoms. The predicted octanol–water partition coefficient (Wildman–Crippen LogP) is 2.78. The molecule has 0 atom stereocenters. The minimum absolute atomic E-state index is 0.206. The van der Waals surface area contributed by atoms with Crippen molar-refractivity contribution in [2.24, 2.45) is 0 Å². The third kappa shape index (κ3) is 3.81. The zero-order valence-electron chi connectivity index (χ0n) is 13.3. The third-order valence-corrected chi connectivity index (χ3v) is 3.28. The molecule has 0 amide bonds. The van der Waals surface area contributed by atoms with Crippen molar-refractivity contribution in [1.82, 2.24) is 15.0 Å². The maximum absolute atomic E-state index is 11.4. The van der Waals surface area contributed by atoms with Crippen molar-refractivity contribution in [3.63, 3.8) is 0 Å². The lowest BCUT2D eigenvalue weighted by Crippen LogP contribution is -2.03. The van der Waals surface area contributed by atoms with Gasteiger partial charge in [-0.3, -0.25) is 4.98 Å². The van der Waals surface area contributed by atoms with Crippen LogP contribution in [0.4, 0.5) is 17.2 Å². The van der Waals surface area contributed by atoms with Crippen LogP contribution in [0.5, 0.6) is 11.6 Å². The topological polar surface area (TPSA) is 112 Å². The zero-order chi connectivity index (χ0) is 17.6. The Balaban J connectivity index is 1.79. The summed E-state index contributed by atoms with van der Waals surface area (Å²) in [5.41, 5.74) is 7.54. The van der Waals surface area contributed by atoms with E-state index in [4.69, 9.17) is 10.5 Å². The number of benzene rings is 1. The highest BCUT2D eigenvalue weighted by molar-refractivity contribution is 5.89. The largest absolute Gasteiger partial charge is 0.465 e. The summed E-state index contributed by atoms with van der Waals surface area (Å²) in [6.45, 7) is 0. The summed E-state index contributed by atoms with van der Waals surface area (Å²) in [4.78, 5) is 23.5. The Labute approximate surface area is 143 Å². The van der Waals surface area contributed by atoms with Crippen LogP contribution in [0.3, 0.4) is 0 Å². The number of esters is 1. The maximum Gasteiger partial charge on any atom is 0.337 e. The molecule has 0 aliphatic rings. The molecule has 0 radical (unpaired) electrons. The Hall–Kier alpha value is -3.68. The van der Waals surface area contributed by atoms with Gasteiger partial charge in [0, 0.05) is 18.1 Å². The fraction of sp³-hybridized carbons (Fsp3) is 0.0588. The van der Waals surface area contributed by atoms with Crippen LogP contribution in [-0.2, 0) is 4.74 Å². The summed E-state index contributed by atoms with van der Waals surface area (Å²) in [7, 11) is 1.33. The highest BCUT2D eigenvalue weighted by atomic mass is 16.5. The Bertz CT molecular complexity index is 869. The van der Waals surface area contributed by atoms with Crippen LogP contribution >= 0.6 is 0 Å².